The lowest BCUT2D eigenvalue weighted by Gasteiger charge is -2.10. The quantitative estimate of drug-likeness (QED) is 0.491. The first-order valence-corrected chi connectivity index (χ1v) is 6.84. The van der Waals surface area contributed by atoms with E-state index in [2.05, 4.69) is 20.9 Å². The highest BCUT2D eigenvalue weighted by Crippen LogP contribution is 2.16. The Morgan fingerprint density at radius 1 is 1.53 bits per heavy atom. The zero-order valence-electron chi connectivity index (χ0n) is 10.2. The summed E-state index contributed by atoms with van der Waals surface area (Å²) in [7, 11) is 0. The van der Waals surface area contributed by atoms with Gasteiger partial charge in [0.15, 0.2) is 0 Å². The fourth-order valence-electron chi connectivity index (χ4n) is 1.78. The summed E-state index contributed by atoms with van der Waals surface area (Å²) in [6.07, 6.45) is 1.48. The summed E-state index contributed by atoms with van der Waals surface area (Å²) in [6, 6.07) is 4.12. The Hall–Kier alpha value is -1.76. The van der Waals surface area contributed by atoms with Crippen LogP contribution < -0.4 is 5.56 Å². The van der Waals surface area contributed by atoms with E-state index in [1.54, 1.807) is 0 Å². The first kappa shape index (κ1) is 13.7. The number of aromatic nitrogens is 2. The van der Waals surface area contributed by atoms with Crippen LogP contribution in [0.25, 0.3) is 10.9 Å². The number of non-ortho nitro benzene ring substituents is 1. The molecule has 0 amide bonds. The van der Waals surface area contributed by atoms with Crippen LogP contribution in [0.1, 0.15) is 6.92 Å². The van der Waals surface area contributed by atoms with Crippen LogP contribution in [0, 0.1) is 16.0 Å². The number of rotatable bonds is 4. The summed E-state index contributed by atoms with van der Waals surface area (Å²) in [5.74, 6) is 0.274. The van der Waals surface area contributed by atoms with Gasteiger partial charge in [0.05, 0.1) is 22.2 Å². The smallest absolute Gasteiger partial charge is 0.270 e. The van der Waals surface area contributed by atoms with Crippen molar-refractivity contribution in [2.24, 2.45) is 5.92 Å². The molecule has 1 aromatic carbocycles. The number of hydrogen-bond acceptors (Lipinski definition) is 4. The van der Waals surface area contributed by atoms with Crippen molar-refractivity contribution in [3.63, 3.8) is 0 Å². The first-order chi connectivity index (χ1) is 9.02. The predicted octanol–water partition coefficient (Wildman–Crippen LogP) is 2.34. The second kappa shape index (κ2) is 5.48. The molecule has 2 rings (SSSR count). The minimum absolute atomic E-state index is 0.0994. The van der Waals surface area contributed by atoms with Crippen LogP contribution in [-0.2, 0) is 6.54 Å². The molecule has 0 aliphatic carbocycles. The zero-order chi connectivity index (χ0) is 14.0. The maximum atomic E-state index is 12.2. The summed E-state index contributed by atoms with van der Waals surface area (Å²) >= 11 is 3.35. The first-order valence-electron chi connectivity index (χ1n) is 5.72. The molecule has 0 aliphatic heterocycles. The Kier molecular flexibility index (Phi) is 3.94. The predicted molar refractivity (Wildman–Crippen MR) is 75.6 cm³/mol. The van der Waals surface area contributed by atoms with Gasteiger partial charge in [0.25, 0.3) is 11.2 Å². The van der Waals surface area contributed by atoms with Crippen molar-refractivity contribution in [2.75, 3.05) is 5.33 Å². The molecular weight excluding hydrogens is 314 g/mol. The van der Waals surface area contributed by atoms with Crippen molar-refractivity contribution in [1.82, 2.24) is 9.55 Å². The highest BCUT2D eigenvalue weighted by Gasteiger charge is 2.11. The minimum atomic E-state index is -0.517. The van der Waals surface area contributed by atoms with Gasteiger partial charge in [-0.05, 0) is 12.0 Å². The van der Waals surface area contributed by atoms with Crippen LogP contribution in [0.15, 0.2) is 29.3 Å². The van der Waals surface area contributed by atoms with E-state index in [1.807, 2.05) is 6.92 Å². The molecule has 1 atom stereocenters. The largest absolute Gasteiger partial charge is 0.298 e. The van der Waals surface area contributed by atoms with Gasteiger partial charge in [-0.2, -0.15) is 0 Å². The molecule has 1 heterocycles. The maximum absolute atomic E-state index is 12.2. The molecule has 2 aromatic rings. The zero-order valence-corrected chi connectivity index (χ0v) is 11.8. The Balaban J connectivity index is 2.56. The van der Waals surface area contributed by atoms with Crippen molar-refractivity contribution in [2.45, 2.75) is 13.5 Å². The van der Waals surface area contributed by atoms with Crippen LogP contribution in [-0.4, -0.2) is 19.8 Å². The van der Waals surface area contributed by atoms with Gasteiger partial charge in [0.2, 0.25) is 0 Å². The summed E-state index contributed by atoms with van der Waals surface area (Å²) < 4.78 is 1.48. The average molecular weight is 326 g/mol. The molecule has 0 bridgehead atoms. The van der Waals surface area contributed by atoms with Gasteiger partial charge in [0, 0.05) is 24.0 Å². The number of hydrogen-bond donors (Lipinski definition) is 0. The monoisotopic (exact) mass is 325 g/mol. The molecule has 0 fully saturated rings. The highest BCUT2D eigenvalue weighted by atomic mass is 79.9. The number of nitrogens with zero attached hydrogens (tertiary/aromatic N) is 3. The minimum Gasteiger partial charge on any atom is -0.298 e. The van der Waals surface area contributed by atoms with E-state index in [0.717, 1.165) is 5.33 Å². The van der Waals surface area contributed by atoms with Crippen molar-refractivity contribution < 1.29 is 4.92 Å². The second-order valence-electron chi connectivity index (χ2n) is 4.42. The Morgan fingerprint density at radius 3 is 2.89 bits per heavy atom. The Labute approximate surface area is 117 Å². The number of halogens is 1. The fraction of sp³-hybridized carbons (Fsp3) is 0.333. The van der Waals surface area contributed by atoms with Crippen molar-refractivity contribution in [3.8, 4) is 0 Å². The molecule has 1 unspecified atom stereocenters. The fourth-order valence-corrected chi connectivity index (χ4v) is 1.98. The van der Waals surface area contributed by atoms with E-state index in [-0.39, 0.29) is 22.6 Å². The lowest BCUT2D eigenvalue weighted by atomic mass is 10.2. The molecular formula is C12H12BrN3O3. The topological polar surface area (TPSA) is 78.0 Å². The summed E-state index contributed by atoms with van der Waals surface area (Å²) in [6.45, 7) is 2.52. The van der Waals surface area contributed by atoms with Crippen molar-refractivity contribution >= 4 is 32.5 Å². The van der Waals surface area contributed by atoms with Crippen LogP contribution >= 0.6 is 15.9 Å². The van der Waals surface area contributed by atoms with Crippen LogP contribution in [0.4, 0.5) is 5.69 Å². The van der Waals surface area contributed by atoms with Gasteiger partial charge < -0.3 is 0 Å². The lowest BCUT2D eigenvalue weighted by molar-refractivity contribution is -0.384. The summed E-state index contributed by atoms with van der Waals surface area (Å²) in [5, 5.41) is 11.8. The van der Waals surface area contributed by atoms with E-state index < -0.39 is 4.92 Å². The number of nitro benzene ring substituents is 1. The molecule has 0 saturated carbocycles. The van der Waals surface area contributed by atoms with Crippen molar-refractivity contribution in [3.05, 3.63) is 45.0 Å². The number of benzene rings is 1. The SMILES string of the molecule is CC(CBr)Cn1cnc2ccc([N+](=O)[O-])cc2c1=O. The van der Waals surface area contributed by atoms with Crippen LogP contribution in [0.3, 0.4) is 0 Å². The van der Waals surface area contributed by atoms with Gasteiger partial charge in [-0.3, -0.25) is 19.5 Å². The van der Waals surface area contributed by atoms with E-state index in [4.69, 9.17) is 0 Å². The molecule has 1 aromatic heterocycles. The number of nitro groups is 1. The molecule has 100 valence electrons. The highest BCUT2D eigenvalue weighted by molar-refractivity contribution is 9.09. The molecule has 7 heteroatoms. The molecule has 0 radical (unpaired) electrons. The molecule has 0 N–H and O–H groups in total. The summed E-state index contributed by atoms with van der Waals surface area (Å²) in [4.78, 5) is 26.6. The third kappa shape index (κ3) is 2.81. The molecule has 19 heavy (non-hydrogen) atoms. The van der Waals surface area contributed by atoms with E-state index in [9.17, 15) is 14.9 Å². The molecule has 0 saturated heterocycles. The standard InChI is InChI=1S/C12H12BrN3O3/c1-8(5-13)6-15-7-14-11-3-2-9(16(18)19)4-10(11)12(15)17/h2-4,7-8H,5-6H2,1H3. The van der Waals surface area contributed by atoms with Gasteiger partial charge in [-0.15, -0.1) is 0 Å². The van der Waals surface area contributed by atoms with Gasteiger partial charge in [-0.25, -0.2) is 4.98 Å². The molecule has 0 aliphatic rings. The van der Waals surface area contributed by atoms with Gasteiger partial charge in [-0.1, -0.05) is 22.9 Å². The Morgan fingerprint density at radius 2 is 2.26 bits per heavy atom. The summed E-state index contributed by atoms with van der Waals surface area (Å²) in [5.41, 5.74) is 0.123. The third-order valence-electron chi connectivity index (χ3n) is 2.79. The van der Waals surface area contributed by atoms with E-state index in [1.165, 1.54) is 29.1 Å². The number of fused-ring (bicyclic) bond motifs is 1. The van der Waals surface area contributed by atoms with Gasteiger partial charge >= 0.3 is 0 Å². The van der Waals surface area contributed by atoms with Gasteiger partial charge in [0.1, 0.15) is 0 Å². The maximum Gasteiger partial charge on any atom is 0.270 e. The van der Waals surface area contributed by atoms with Crippen LogP contribution in [0.5, 0.6) is 0 Å². The third-order valence-corrected chi connectivity index (χ3v) is 3.90. The van der Waals surface area contributed by atoms with Crippen molar-refractivity contribution in [1.29, 1.82) is 0 Å². The van der Waals surface area contributed by atoms with Crippen LogP contribution in [0.2, 0.25) is 0 Å². The average Bonchev–Trinajstić information content (AvgIpc) is 2.41. The number of alkyl halides is 1. The second-order valence-corrected chi connectivity index (χ2v) is 5.07. The van der Waals surface area contributed by atoms with E-state index >= 15 is 0 Å². The molecule has 6 nitrogen and oxygen atoms in total. The van der Waals surface area contributed by atoms with E-state index in [0.29, 0.717) is 12.1 Å². The lowest BCUT2D eigenvalue weighted by Crippen LogP contribution is -2.24. The molecule has 0 spiro atoms. The normalized spacial score (nSPS) is 12.5. The Bertz CT molecular complexity index is 683.